The van der Waals surface area contributed by atoms with Crippen molar-refractivity contribution in [2.24, 2.45) is 11.8 Å². The molecule has 3 N–H and O–H groups in total. The largest absolute Gasteiger partial charge is 0.481 e. The van der Waals surface area contributed by atoms with Gasteiger partial charge in [-0.2, -0.15) is 0 Å². The Morgan fingerprint density at radius 2 is 1.84 bits per heavy atom. The summed E-state index contributed by atoms with van der Waals surface area (Å²) < 4.78 is 0. The van der Waals surface area contributed by atoms with Crippen molar-refractivity contribution in [1.29, 1.82) is 0 Å². The van der Waals surface area contributed by atoms with E-state index in [0.29, 0.717) is 24.8 Å². The number of nitrogens with one attached hydrogen (secondary N) is 2. The summed E-state index contributed by atoms with van der Waals surface area (Å²) in [5.74, 6) is -0.264. The number of carboxylic acid groups (broad SMARTS) is 1. The van der Waals surface area contributed by atoms with Crippen molar-refractivity contribution in [2.75, 3.05) is 0 Å². The maximum atomic E-state index is 11.8. The Bertz CT molecular complexity index is 338. The number of carbonyl (C=O) groups is 2. The number of urea groups is 1. The first kappa shape index (κ1) is 14.2. The molecule has 0 aromatic rings. The number of carbonyl (C=O) groups excluding carboxylic acids is 1. The minimum absolute atomic E-state index is 0.0811. The van der Waals surface area contributed by atoms with E-state index in [-0.39, 0.29) is 18.0 Å². The summed E-state index contributed by atoms with van der Waals surface area (Å²) in [5.41, 5.74) is 0. The topological polar surface area (TPSA) is 78.4 Å². The van der Waals surface area contributed by atoms with Crippen molar-refractivity contribution < 1.29 is 14.7 Å². The van der Waals surface area contributed by atoms with Gasteiger partial charge in [0.05, 0.1) is 5.92 Å². The second-order valence-electron chi connectivity index (χ2n) is 5.90. The first-order chi connectivity index (χ1) is 9.10. The van der Waals surface area contributed by atoms with Crippen LogP contribution in [0.25, 0.3) is 0 Å². The van der Waals surface area contributed by atoms with Crippen LogP contribution in [0, 0.1) is 11.8 Å². The van der Waals surface area contributed by atoms with Gasteiger partial charge < -0.3 is 15.7 Å². The van der Waals surface area contributed by atoms with Crippen molar-refractivity contribution in [3.05, 3.63) is 0 Å². The number of carboxylic acids is 1. The first-order valence-corrected chi connectivity index (χ1v) is 7.40. The standard InChI is InChI=1S/C14H24N2O3/c1-2-3-10-8-12(10)16-14(19)15-11-6-4-9(5-7-11)13(17)18/h9-12H,2-8H2,1H3,(H,17,18)(H2,15,16,19). The molecule has 5 heteroatoms. The predicted octanol–water partition coefficient (Wildman–Crippen LogP) is 2.12. The third-order valence-corrected chi connectivity index (χ3v) is 4.31. The fourth-order valence-electron chi connectivity index (χ4n) is 2.99. The molecule has 2 amide bonds. The summed E-state index contributed by atoms with van der Waals surface area (Å²) in [4.78, 5) is 22.6. The zero-order valence-electron chi connectivity index (χ0n) is 11.5. The van der Waals surface area contributed by atoms with Gasteiger partial charge in [0.2, 0.25) is 0 Å². The summed E-state index contributed by atoms with van der Waals surface area (Å²) >= 11 is 0. The highest BCUT2D eigenvalue weighted by Crippen LogP contribution is 2.34. The zero-order chi connectivity index (χ0) is 13.8. The van der Waals surface area contributed by atoms with Crippen LogP contribution in [0.1, 0.15) is 51.9 Å². The molecule has 0 heterocycles. The van der Waals surface area contributed by atoms with E-state index in [1.54, 1.807) is 0 Å². The quantitative estimate of drug-likeness (QED) is 0.714. The number of aliphatic carboxylic acids is 1. The highest BCUT2D eigenvalue weighted by atomic mass is 16.4. The molecule has 0 bridgehead atoms. The van der Waals surface area contributed by atoms with Crippen molar-refractivity contribution >= 4 is 12.0 Å². The Kier molecular flexibility index (Phi) is 4.66. The van der Waals surface area contributed by atoms with Crippen LogP contribution in [-0.4, -0.2) is 29.2 Å². The fourth-order valence-corrected chi connectivity index (χ4v) is 2.99. The molecule has 2 rings (SSSR count). The molecule has 2 saturated carbocycles. The number of rotatable bonds is 5. The normalized spacial score (nSPS) is 33.5. The number of amides is 2. The van der Waals surface area contributed by atoms with E-state index in [4.69, 9.17) is 5.11 Å². The van der Waals surface area contributed by atoms with Crippen LogP contribution in [-0.2, 0) is 4.79 Å². The van der Waals surface area contributed by atoms with E-state index >= 15 is 0 Å². The molecule has 2 fully saturated rings. The summed E-state index contributed by atoms with van der Waals surface area (Å²) in [6.45, 7) is 2.16. The van der Waals surface area contributed by atoms with Gasteiger partial charge in [-0.25, -0.2) is 4.79 Å². The van der Waals surface area contributed by atoms with Gasteiger partial charge in [0.1, 0.15) is 0 Å². The van der Waals surface area contributed by atoms with Crippen molar-refractivity contribution in [3.8, 4) is 0 Å². The average Bonchev–Trinajstić information content (AvgIpc) is 3.08. The Morgan fingerprint density at radius 3 is 2.42 bits per heavy atom. The molecule has 108 valence electrons. The second kappa shape index (κ2) is 6.26. The van der Waals surface area contributed by atoms with Gasteiger partial charge in [-0.1, -0.05) is 13.3 Å². The maximum absolute atomic E-state index is 11.8. The van der Waals surface area contributed by atoms with Gasteiger partial charge in [0.15, 0.2) is 0 Å². The molecular formula is C14H24N2O3. The van der Waals surface area contributed by atoms with E-state index in [2.05, 4.69) is 17.6 Å². The van der Waals surface area contributed by atoms with E-state index in [1.165, 1.54) is 12.8 Å². The van der Waals surface area contributed by atoms with Gasteiger partial charge in [-0.05, 0) is 44.4 Å². The number of hydrogen-bond donors (Lipinski definition) is 3. The Hall–Kier alpha value is -1.26. The monoisotopic (exact) mass is 268 g/mol. The van der Waals surface area contributed by atoms with Crippen molar-refractivity contribution in [2.45, 2.75) is 64.0 Å². The zero-order valence-corrected chi connectivity index (χ0v) is 11.5. The van der Waals surface area contributed by atoms with Gasteiger partial charge in [-0.3, -0.25) is 4.79 Å². The highest BCUT2D eigenvalue weighted by molar-refractivity contribution is 5.75. The molecule has 0 saturated heterocycles. The first-order valence-electron chi connectivity index (χ1n) is 7.40. The van der Waals surface area contributed by atoms with Crippen LogP contribution in [0.2, 0.25) is 0 Å². The fraction of sp³-hybridized carbons (Fsp3) is 0.857. The molecule has 0 aliphatic heterocycles. The Labute approximate surface area is 114 Å². The molecular weight excluding hydrogens is 244 g/mol. The molecule has 2 aliphatic carbocycles. The van der Waals surface area contributed by atoms with Gasteiger partial charge >= 0.3 is 12.0 Å². The second-order valence-corrected chi connectivity index (χ2v) is 5.90. The van der Waals surface area contributed by atoms with E-state index < -0.39 is 5.97 Å². The van der Waals surface area contributed by atoms with E-state index in [9.17, 15) is 9.59 Å². The summed E-state index contributed by atoms with van der Waals surface area (Å²) in [5, 5.41) is 14.9. The predicted molar refractivity (Wildman–Crippen MR) is 71.9 cm³/mol. The van der Waals surface area contributed by atoms with Crippen LogP contribution in [0.4, 0.5) is 4.79 Å². The SMILES string of the molecule is CCCC1CC1NC(=O)NC1CCC(C(=O)O)CC1. The Balaban J connectivity index is 1.63. The van der Waals surface area contributed by atoms with E-state index in [1.807, 2.05) is 0 Å². The summed E-state index contributed by atoms with van der Waals surface area (Å²) in [6, 6.07) is 0.414. The van der Waals surface area contributed by atoms with Crippen LogP contribution >= 0.6 is 0 Å². The third-order valence-electron chi connectivity index (χ3n) is 4.31. The lowest BCUT2D eigenvalue weighted by molar-refractivity contribution is -0.142. The molecule has 2 unspecified atom stereocenters. The summed E-state index contributed by atoms with van der Waals surface area (Å²) in [6.07, 6.45) is 6.34. The minimum Gasteiger partial charge on any atom is -0.481 e. The molecule has 2 aliphatic rings. The highest BCUT2D eigenvalue weighted by Gasteiger charge is 2.37. The lowest BCUT2D eigenvalue weighted by Gasteiger charge is -2.26. The molecule has 2 atom stereocenters. The van der Waals surface area contributed by atoms with E-state index in [0.717, 1.165) is 19.3 Å². The minimum atomic E-state index is -0.705. The van der Waals surface area contributed by atoms with Crippen LogP contribution < -0.4 is 10.6 Å². The van der Waals surface area contributed by atoms with Crippen molar-refractivity contribution in [3.63, 3.8) is 0 Å². The maximum Gasteiger partial charge on any atom is 0.315 e. The number of hydrogen-bond acceptors (Lipinski definition) is 2. The third kappa shape index (κ3) is 4.11. The lowest BCUT2D eigenvalue weighted by Crippen LogP contribution is -2.45. The molecule has 0 aromatic carbocycles. The van der Waals surface area contributed by atoms with Crippen LogP contribution in [0.15, 0.2) is 0 Å². The van der Waals surface area contributed by atoms with Crippen molar-refractivity contribution in [1.82, 2.24) is 10.6 Å². The smallest absolute Gasteiger partial charge is 0.315 e. The lowest BCUT2D eigenvalue weighted by atomic mass is 9.86. The molecule has 0 radical (unpaired) electrons. The molecule has 19 heavy (non-hydrogen) atoms. The average molecular weight is 268 g/mol. The molecule has 0 aromatic heterocycles. The Morgan fingerprint density at radius 1 is 1.16 bits per heavy atom. The van der Waals surface area contributed by atoms with Gasteiger partial charge in [0.25, 0.3) is 0 Å². The summed E-state index contributed by atoms with van der Waals surface area (Å²) in [7, 11) is 0. The molecule has 5 nitrogen and oxygen atoms in total. The van der Waals surface area contributed by atoms with Gasteiger partial charge in [-0.15, -0.1) is 0 Å². The van der Waals surface area contributed by atoms with Crippen LogP contribution in [0.3, 0.4) is 0 Å². The van der Waals surface area contributed by atoms with Crippen LogP contribution in [0.5, 0.6) is 0 Å². The van der Waals surface area contributed by atoms with Gasteiger partial charge in [0, 0.05) is 12.1 Å². The molecule has 0 spiro atoms.